The van der Waals surface area contributed by atoms with Crippen molar-refractivity contribution in [2.45, 2.75) is 16.2 Å². The monoisotopic (exact) mass is 1080 g/mol. The van der Waals surface area contributed by atoms with Crippen molar-refractivity contribution in [3.05, 3.63) is 376 Å². The molecular weight excluding hydrogens is 1030 g/mol. The molecule has 0 atom stereocenters. The smallest absolute Gasteiger partial charge is 0.140 e. The lowest BCUT2D eigenvalue weighted by molar-refractivity contribution is 0.447. The van der Waals surface area contributed by atoms with Crippen molar-refractivity contribution in [3.8, 4) is 56.0 Å². The average molecular weight is 1080 g/mol. The molecule has 1 aliphatic heterocycles. The van der Waals surface area contributed by atoms with E-state index >= 15 is 0 Å². The molecule has 0 fully saturated rings. The van der Waals surface area contributed by atoms with Gasteiger partial charge >= 0.3 is 0 Å². The van der Waals surface area contributed by atoms with Gasteiger partial charge in [0.2, 0.25) is 0 Å². The Morgan fingerprint density at radius 3 is 1.09 bits per heavy atom. The van der Waals surface area contributed by atoms with E-state index in [-0.39, 0.29) is 0 Å². The molecule has 1 heterocycles. The van der Waals surface area contributed by atoms with E-state index in [2.05, 4.69) is 314 Å². The molecule has 5 aliphatic rings. The molecule has 85 heavy (non-hydrogen) atoms. The van der Waals surface area contributed by atoms with Gasteiger partial charge in [0.05, 0.1) is 27.6 Å². The fourth-order valence-electron chi connectivity index (χ4n) is 16.9. The summed E-state index contributed by atoms with van der Waals surface area (Å²) in [7, 11) is 0. The first kappa shape index (κ1) is 46.8. The maximum Gasteiger partial charge on any atom is 0.140 e. The molecule has 4 aliphatic carbocycles. The van der Waals surface area contributed by atoms with Gasteiger partial charge in [-0.05, 0) is 124 Å². The lowest BCUT2D eigenvalue weighted by atomic mass is 9.65. The molecular formula is C83H51NO. The predicted octanol–water partition coefficient (Wildman–Crippen LogP) is 20.6. The van der Waals surface area contributed by atoms with Gasteiger partial charge in [0.15, 0.2) is 0 Å². The second-order valence-electron chi connectivity index (χ2n) is 23.6. The van der Waals surface area contributed by atoms with Gasteiger partial charge in [-0.15, -0.1) is 0 Å². The Hall–Kier alpha value is -10.8. The maximum absolute atomic E-state index is 7.46. The van der Waals surface area contributed by atoms with Crippen LogP contribution in [-0.4, -0.2) is 0 Å². The van der Waals surface area contributed by atoms with Gasteiger partial charge in [-0.25, -0.2) is 0 Å². The number of rotatable bonds is 5. The molecule has 19 rings (SSSR count). The molecule has 0 aromatic heterocycles. The van der Waals surface area contributed by atoms with E-state index in [9.17, 15) is 0 Å². The van der Waals surface area contributed by atoms with Gasteiger partial charge in [0.25, 0.3) is 0 Å². The topological polar surface area (TPSA) is 12.5 Å². The molecule has 0 radical (unpaired) electrons. The predicted molar refractivity (Wildman–Crippen MR) is 347 cm³/mol. The Morgan fingerprint density at radius 1 is 0.235 bits per heavy atom. The lowest BCUT2D eigenvalue weighted by Crippen LogP contribution is -2.32. The number of hydrogen-bond donors (Lipinski definition) is 0. The van der Waals surface area contributed by atoms with Gasteiger partial charge in [0.1, 0.15) is 11.5 Å². The number of anilines is 3. The average Bonchev–Trinajstić information content (AvgIpc) is 1.63. The minimum Gasteiger partial charge on any atom is -0.455 e. The summed E-state index contributed by atoms with van der Waals surface area (Å²) >= 11 is 0. The van der Waals surface area contributed by atoms with E-state index in [1.165, 1.54) is 100 Å². The molecule has 2 spiro atoms. The Morgan fingerprint density at radius 2 is 0.588 bits per heavy atom. The number of benzene rings is 14. The van der Waals surface area contributed by atoms with Crippen LogP contribution in [0.1, 0.15) is 66.8 Å². The zero-order valence-corrected chi connectivity index (χ0v) is 46.3. The molecule has 2 heteroatoms. The van der Waals surface area contributed by atoms with E-state index in [1.54, 1.807) is 0 Å². The van der Waals surface area contributed by atoms with Crippen molar-refractivity contribution in [2.24, 2.45) is 0 Å². The second kappa shape index (κ2) is 17.1. The first-order chi connectivity index (χ1) is 42.2. The third-order valence-electron chi connectivity index (χ3n) is 20.0. The summed E-state index contributed by atoms with van der Waals surface area (Å²) < 4.78 is 7.46. The molecule has 0 amide bonds. The quantitative estimate of drug-likeness (QED) is 0.170. The Labute approximate surface area is 493 Å². The highest BCUT2D eigenvalue weighted by Crippen LogP contribution is 2.68. The van der Waals surface area contributed by atoms with E-state index < -0.39 is 16.2 Å². The zero-order valence-electron chi connectivity index (χ0n) is 46.3. The molecule has 394 valence electrons. The van der Waals surface area contributed by atoms with Gasteiger partial charge in [-0.3, -0.25) is 0 Å². The lowest BCUT2D eigenvalue weighted by Gasteiger charge is -2.40. The minimum absolute atomic E-state index is 0.488. The molecule has 0 unspecified atom stereocenters. The van der Waals surface area contributed by atoms with E-state index in [1.807, 2.05) is 0 Å². The van der Waals surface area contributed by atoms with Crippen LogP contribution in [0.3, 0.4) is 0 Å². The number of nitrogens with zero attached hydrogens (tertiary/aromatic N) is 1. The normalized spacial score (nSPS) is 14.7. The minimum atomic E-state index is -0.752. The van der Waals surface area contributed by atoms with Crippen molar-refractivity contribution in [1.82, 2.24) is 0 Å². The van der Waals surface area contributed by atoms with Gasteiger partial charge < -0.3 is 9.64 Å². The highest BCUT2D eigenvalue weighted by molar-refractivity contribution is 6.06. The Bertz CT molecular complexity index is 5020. The van der Waals surface area contributed by atoms with Crippen LogP contribution in [0.15, 0.2) is 309 Å². The molecule has 0 N–H and O–H groups in total. The van der Waals surface area contributed by atoms with Crippen LogP contribution in [-0.2, 0) is 16.2 Å². The maximum atomic E-state index is 7.46. The summed E-state index contributed by atoms with van der Waals surface area (Å²) in [5.41, 5.74) is 26.5. The van der Waals surface area contributed by atoms with Crippen LogP contribution in [0.2, 0.25) is 0 Å². The molecule has 14 aromatic carbocycles. The zero-order chi connectivity index (χ0) is 55.6. The van der Waals surface area contributed by atoms with Crippen LogP contribution < -0.4 is 9.64 Å². The third kappa shape index (κ3) is 5.79. The molecule has 14 aromatic rings. The fourth-order valence-corrected chi connectivity index (χ4v) is 16.9. The highest BCUT2D eigenvalue weighted by Gasteiger charge is 2.55. The first-order valence-electron chi connectivity index (χ1n) is 29.7. The second-order valence-corrected chi connectivity index (χ2v) is 23.6. The summed E-state index contributed by atoms with van der Waals surface area (Å²) in [6.07, 6.45) is 0. The molecule has 2 nitrogen and oxygen atoms in total. The summed E-state index contributed by atoms with van der Waals surface area (Å²) in [6.45, 7) is 0. The Kier molecular flexibility index (Phi) is 9.43. The first-order valence-corrected chi connectivity index (χ1v) is 29.7. The van der Waals surface area contributed by atoms with E-state index in [4.69, 9.17) is 4.74 Å². The van der Waals surface area contributed by atoms with Gasteiger partial charge in [-0.1, -0.05) is 285 Å². The standard InChI is InChI=1S/C83H51NO/c1-3-25-54(26-4-1)81(55-27-5-2-6-28-55)68-39-19-14-34-62(68)77-71(81)41-21-43-75(77)84(56-47-50-70-64(51-56)61-33-13-18-38-67(61)82(70)65-36-16-11-31-59(65)60-32-12-17-37-66(60)82)76-44-22-42-72-78(76)63-35-15-20-40-69(63)83(72)73-48-45-52-23-7-9-29-57(52)79(73)85-80-58-30-10-8-24-53(58)46-49-74(80)83/h1-51H. The number of fused-ring (bicyclic) bond motifs is 26. The van der Waals surface area contributed by atoms with Crippen LogP contribution in [0.4, 0.5) is 17.1 Å². The molecule has 0 bridgehead atoms. The fraction of sp³-hybridized carbons (Fsp3) is 0.0361. The van der Waals surface area contributed by atoms with Crippen LogP contribution in [0.5, 0.6) is 11.5 Å². The Balaban J connectivity index is 0.944. The summed E-state index contributed by atoms with van der Waals surface area (Å²) in [5, 5.41) is 4.50. The summed E-state index contributed by atoms with van der Waals surface area (Å²) in [5.74, 6) is 1.81. The van der Waals surface area contributed by atoms with E-state index in [0.717, 1.165) is 61.2 Å². The van der Waals surface area contributed by atoms with Crippen LogP contribution in [0, 0.1) is 0 Å². The third-order valence-corrected chi connectivity index (χ3v) is 20.0. The van der Waals surface area contributed by atoms with Crippen molar-refractivity contribution in [3.63, 3.8) is 0 Å². The number of hydrogen-bond acceptors (Lipinski definition) is 2. The van der Waals surface area contributed by atoms with Crippen molar-refractivity contribution >= 4 is 38.6 Å². The van der Waals surface area contributed by atoms with E-state index in [0.29, 0.717) is 0 Å². The van der Waals surface area contributed by atoms with Crippen LogP contribution in [0.25, 0.3) is 66.1 Å². The largest absolute Gasteiger partial charge is 0.455 e. The number of ether oxygens (including phenoxy) is 1. The van der Waals surface area contributed by atoms with Crippen LogP contribution >= 0.6 is 0 Å². The van der Waals surface area contributed by atoms with Crippen molar-refractivity contribution in [2.75, 3.05) is 4.90 Å². The van der Waals surface area contributed by atoms with Gasteiger partial charge in [0, 0.05) is 38.7 Å². The van der Waals surface area contributed by atoms with Crippen molar-refractivity contribution < 1.29 is 4.74 Å². The summed E-state index contributed by atoms with van der Waals surface area (Å²) in [4.78, 5) is 2.64. The summed E-state index contributed by atoms with van der Waals surface area (Å²) in [6, 6.07) is 117. The molecule has 0 saturated carbocycles. The molecule has 0 saturated heterocycles. The highest BCUT2D eigenvalue weighted by atomic mass is 16.5. The SMILES string of the molecule is c1ccc(C2(c3ccccc3)c3ccccc3-c3c(N(c4ccc5c(c4)-c4ccccc4C54c5ccccc5-c5ccccc54)c4cccc5c4-c4ccccc4C54c5ccc6ccccc6c5Oc5c4ccc4ccccc54)cccc32)cc1. The van der Waals surface area contributed by atoms with Crippen molar-refractivity contribution in [1.29, 1.82) is 0 Å². The van der Waals surface area contributed by atoms with Gasteiger partial charge in [-0.2, -0.15) is 0 Å².